The fourth-order valence-corrected chi connectivity index (χ4v) is 2.94. The predicted molar refractivity (Wildman–Crippen MR) is 60.7 cm³/mol. The molecule has 80 valence electrons. The largest absolute Gasteiger partial charge is 0.381 e. The summed E-state index contributed by atoms with van der Waals surface area (Å²) in [6, 6.07) is 6.46. The summed E-state index contributed by atoms with van der Waals surface area (Å²) < 4.78 is 12.5. The molecule has 0 N–H and O–H groups in total. The van der Waals surface area contributed by atoms with Crippen molar-refractivity contribution in [2.24, 2.45) is 0 Å². The molecule has 0 saturated carbocycles. The highest BCUT2D eigenvalue weighted by atomic mass is 79.9. The molecule has 0 radical (unpaired) electrons. The van der Waals surface area contributed by atoms with Gasteiger partial charge in [0, 0.05) is 30.5 Å². The van der Waals surface area contributed by atoms with E-state index in [1.165, 1.54) is 11.1 Å². The second-order valence-corrected chi connectivity index (χ2v) is 5.11. The summed E-state index contributed by atoms with van der Waals surface area (Å²) in [4.78, 5) is 0. The van der Waals surface area contributed by atoms with E-state index in [1.807, 2.05) is 0 Å². The summed E-state index contributed by atoms with van der Waals surface area (Å²) >= 11 is 3.50. The van der Waals surface area contributed by atoms with Crippen molar-refractivity contribution < 1.29 is 9.47 Å². The fraction of sp³-hybridized carbons (Fsp3) is 0.500. The Balaban J connectivity index is 2.03. The van der Waals surface area contributed by atoms with Gasteiger partial charge in [-0.1, -0.05) is 22.0 Å². The molecule has 3 heteroatoms. The SMILES string of the molecule is Brc1ccc2c(c1)COC21CCOCC1. The molecule has 1 saturated heterocycles. The van der Waals surface area contributed by atoms with Gasteiger partial charge in [-0.3, -0.25) is 0 Å². The van der Waals surface area contributed by atoms with Crippen molar-refractivity contribution in [3.8, 4) is 0 Å². The predicted octanol–water partition coefficient (Wildman–Crippen LogP) is 2.99. The van der Waals surface area contributed by atoms with Crippen LogP contribution in [0.2, 0.25) is 0 Å². The second kappa shape index (κ2) is 3.58. The van der Waals surface area contributed by atoms with Gasteiger partial charge in [-0.2, -0.15) is 0 Å². The van der Waals surface area contributed by atoms with E-state index in [0.717, 1.165) is 37.1 Å². The van der Waals surface area contributed by atoms with Crippen LogP contribution in [0.5, 0.6) is 0 Å². The number of benzene rings is 1. The number of ether oxygens (including phenoxy) is 2. The topological polar surface area (TPSA) is 18.5 Å². The minimum absolute atomic E-state index is 0.0473. The molecule has 0 atom stereocenters. The third kappa shape index (κ3) is 1.53. The summed E-state index contributed by atoms with van der Waals surface area (Å²) in [5.74, 6) is 0. The molecule has 15 heavy (non-hydrogen) atoms. The van der Waals surface area contributed by atoms with Crippen LogP contribution in [0.25, 0.3) is 0 Å². The molecule has 0 amide bonds. The van der Waals surface area contributed by atoms with Crippen LogP contribution >= 0.6 is 15.9 Å². The Hall–Kier alpha value is -0.380. The molecule has 1 fully saturated rings. The first-order chi connectivity index (χ1) is 7.30. The van der Waals surface area contributed by atoms with E-state index in [1.54, 1.807) is 0 Å². The Labute approximate surface area is 97.7 Å². The van der Waals surface area contributed by atoms with Gasteiger partial charge in [0.25, 0.3) is 0 Å². The molecule has 1 spiro atoms. The molecule has 0 aromatic heterocycles. The maximum atomic E-state index is 6.01. The fourth-order valence-electron chi connectivity index (χ4n) is 2.53. The minimum Gasteiger partial charge on any atom is -0.381 e. The van der Waals surface area contributed by atoms with Crippen molar-refractivity contribution in [1.82, 2.24) is 0 Å². The van der Waals surface area contributed by atoms with E-state index in [4.69, 9.17) is 9.47 Å². The second-order valence-electron chi connectivity index (χ2n) is 4.20. The van der Waals surface area contributed by atoms with E-state index < -0.39 is 0 Å². The standard InChI is InChI=1S/C12H13BrO2/c13-10-1-2-11-9(7-10)8-15-12(11)3-5-14-6-4-12/h1-2,7H,3-6,8H2. The minimum atomic E-state index is -0.0473. The number of rotatable bonds is 0. The van der Waals surface area contributed by atoms with Crippen LogP contribution < -0.4 is 0 Å². The maximum absolute atomic E-state index is 6.01. The molecule has 1 aromatic carbocycles. The van der Waals surface area contributed by atoms with Crippen LogP contribution in [0.15, 0.2) is 22.7 Å². The zero-order valence-electron chi connectivity index (χ0n) is 8.46. The van der Waals surface area contributed by atoms with E-state index in [0.29, 0.717) is 0 Å². The maximum Gasteiger partial charge on any atom is 0.0983 e. The molecule has 2 nitrogen and oxygen atoms in total. The Morgan fingerprint density at radius 1 is 1.20 bits per heavy atom. The molecule has 3 rings (SSSR count). The van der Waals surface area contributed by atoms with Crippen LogP contribution in [-0.2, 0) is 21.7 Å². The van der Waals surface area contributed by atoms with Gasteiger partial charge >= 0.3 is 0 Å². The number of fused-ring (bicyclic) bond motifs is 2. The molecule has 1 aromatic rings. The first-order valence-corrected chi connectivity index (χ1v) is 6.10. The lowest BCUT2D eigenvalue weighted by Crippen LogP contribution is -2.33. The number of hydrogen-bond donors (Lipinski definition) is 0. The molecule has 0 aliphatic carbocycles. The van der Waals surface area contributed by atoms with E-state index in [2.05, 4.69) is 34.1 Å². The summed E-state index contributed by atoms with van der Waals surface area (Å²) in [5, 5.41) is 0. The zero-order valence-corrected chi connectivity index (χ0v) is 10.0. The third-order valence-electron chi connectivity index (χ3n) is 3.36. The van der Waals surface area contributed by atoms with Crippen molar-refractivity contribution in [1.29, 1.82) is 0 Å². The van der Waals surface area contributed by atoms with Crippen molar-refractivity contribution >= 4 is 15.9 Å². The first-order valence-electron chi connectivity index (χ1n) is 5.31. The summed E-state index contributed by atoms with van der Waals surface area (Å²) in [6.07, 6.45) is 1.98. The van der Waals surface area contributed by atoms with Crippen molar-refractivity contribution in [3.05, 3.63) is 33.8 Å². The van der Waals surface area contributed by atoms with E-state index >= 15 is 0 Å². The van der Waals surface area contributed by atoms with Crippen LogP contribution in [0.1, 0.15) is 24.0 Å². The molecule has 0 bridgehead atoms. The Morgan fingerprint density at radius 2 is 2.00 bits per heavy atom. The number of halogens is 1. The molecule has 2 heterocycles. The lowest BCUT2D eigenvalue weighted by atomic mass is 9.86. The molecular weight excluding hydrogens is 256 g/mol. The number of hydrogen-bond acceptors (Lipinski definition) is 2. The Kier molecular flexibility index (Phi) is 2.34. The zero-order chi connectivity index (χ0) is 10.3. The van der Waals surface area contributed by atoms with Gasteiger partial charge in [0.15, 0.2) is 0 Å². The normalized spacial score (nSPS) is 23.0. The van der Waals surface area contributed by atoms with Crippen molar-refractivity contribution in [2.75, 3.05) is 13.2 Å². The third-order valence-corrected chi connectivity index (χ3v) is 3.86. The van der Waals surface area contributed by atoms with Crippen molar-refractivity contribution in [2.45, 2.75) is 25.0 Å². The van der Waals surface area contributed by atoms with E-state index in [9.17, 15) is 0 Å². The highest BCUT2D eigenvalue weighted by Gasteiger charge is 2.41. The highest BCUT2D eigenvalue weighted by molar-refractivity contribution is 9.10. The summed E-state index contributed by atoms with van der Waals surface area (Å²) in [7, 11) is 0. The first kappa shape index (κ1) is 9.82. The van der Waals surface area contributed by atoms with Gasteiger partial charge in [0.1, 0.15) is 0 Å². The van der Waals surface area contributed by atoms with Crippen LogP contribution in [0, 0.1) is 0 Å². The van der Waals surface area contributed by atoms with Gasteiger partial charge in [-0.05, 0) is 23.3 Å². The van der Waals surface area contributed by atoms with Gasteiger partial charge in [0.05, 0.1) is 12.2 Å². The molecule has 2 aliphatic heterocycles. The monoisotopic (exact) mass is 268 g/mol. The van der Waals surface area contributed by atoms with Crippen molar-refractivity contribution in [3.63, 3.8) is 0 Å². The average Bonchev–Trinajstić information content (AvgIpc) is 2.58. The molecule has 0 unspecified atom stereocenters. The smallest absolute Gasteiger partial charge is 0.0983 e. The molecule has 2 aliphatic rings. The van der Waals surface area contributed by atoms with Gasteiger partial charge in [0.2, 0.25) is 0 Å². The highest BCUT2D eigenvalue weighted by Crippen LogP contribution is 2.44. The van der Waals surface area contributed by atoms with Gasteiger partial charge < -0.3 is 9.47 Å². The van der Waals surface area contributed by atoms with Crippen LogP contribution in [0.4, 0.5) is 0 Å². The molecular formula is C12H13BrO2. The van der Waals surface area contributed by atoms with E-state index in [-0.39, 0.29) is 5.60 Å². The van der Waals surface area contributed by atoms with Crippen LogP contribution in [-0.4, -0.2) is 13.2 Å². The lowest BCUT2D eigenvalue weighted by Gasteiger charge is -2.33. The lowest BCUT2D eigenvalue weighted by molar-refractivity contribution is -0.107. The quantitative estimate of drug-likeness (QED) is 0.720. The average molecular weight is 269 g/mol. The Bertz CT molecular complexity index is 383. The van der Waals surface area contributed by atoms with Crippen LogP contribution in [0.3, 0.4) is 0 Å². The Morgan fingerprint density at radius 3 is 2.80 bits per heavy atom. The van der Waals surface area contributed by atoms with Gasteiger partial charge in [-0.15, -0.1) is 0 Å². The summed E-state index contributed by atoms with van der Waals surface area (Å²) in [5.41, 5.74) is 2.65. The van der Waals surface area contributed by atoms with Gasteiger partial charge in [-0.25, -0.2) is 0 Å². The summed E-state index contributed by atoms with van der Waals surface area (Å²) in [6.45, 7) is 2.37.